The molecular formula is C17H27NO. The number of rotatable bonds is 5. The van der Waals surface area contributed by atoms with Gasteiger partial charge in [0.2, 0.25) is 0 Å². The van der Waals surface area contributed by atoms with Crippen molar-refractivity contribution in [3.05, 3.63) is 28.8 Å². The zero-order chi connectivity index (χ0) is 13.8. The highest BCUT2D eigenvalue weighted by Crippen LogP contribution is 2.30. The van der Waals surface area contributed by atoms with Crippen LogP contribution in [0.3, 0.4) is 0 Å². The Morgan fingerprint density at radius 1 is 1.16 bits per heavy atom. The van der Waals surface area contributed by atoms with Crippen LogP contribution in [0.15, 0.2) is 12.1 Å². The summed E-state index contributed by atoms with van der Waals surface area (Å²) in [4.78, 5) is 0. The van der Waals surface area contributed by atoms with E-state index in [1.165, 1.54) is 42.4 Å². The lowest BCUT2D eigenvalue weighted by atomic mass is 9.99. The van der Waals surface area contributed by atoms with Gasteiger partial charge in [-0.3, -0.25) is 0 Å². The van der Waals surface area contributed by atoms with Gasteiger partial charge in [0, 0.05) is 6.04 Å². The predicted molar refractivity (Wildman–Crippen MR) is 81.0 cm³/mol. The summed E-state index contributed by atoms with van der Waals surface area (Å²) in [5.74, 6) is 1.87. The third kappa shape index (κ3) is 3.30. The van der Waals surface area contributed by atoms with Gasteiger partial charge in [0.05, 0.1) is 0 Å². The molecule has 0 spiro atoms. The summed E-state index contributed by atoms with van der Waals surface area (Å²) in [7, 11) is 2.06. The van der Waals surface area contributed by atoms with Crippen LogP contribution in [0.5, 0.6) is 5.75 Å². The second kappa shape index (κ2) is 6.42. The zero-order valence-electron chi connectivity index (χ0n) is 12.8. The lowest BCUT2D eigenvalue weighted by Gasteiger charge is -2.24. The van der Waals surface area contributed by atoms with E-state index in [0.717, 1.165) is 18.3 Å². The maximum Gasteiger partial charge on any atom is 0.125 e. The Bertz CT molecular complexity index is 422. The topological polar surface area (TPSA) is 21.3 Å². The van der Waals surface area contributed by atoms with Crippen LogP contribution in [0, 0.1) is 26.7 Å². The Morgan fingerprint density at radius 2 is 1.79 bits per heavy atom. The Morgan fingerprint density at radius 3 is 2.42 bits per heavy atom. The summed E-state index contributed by atoms with van der Waals surface area (Å²) < 4.78 is 6.15. The second-order valence-electron chi connectivity index (χ2n) is 5.90. The van der Waals surface area contributed by atoms with Crippen LogP contribution < -0.4 is 10.1 Å². The van der Waals surface area contributed by atoms with Crippen LogP contribution in [0.25, 0.3) is 0 Å². The summed E-state index contributed by atoms with van der Waals surface area (Å²) in [6, 6.07) is 4.81. The van der Waals surface area contributed by atoms with Gasteiger partial charge in [-0.15, -0.1) is 0 Å². The molecule has 2 heteroatoms. The lowest BCUT2D eigenvalue weighted by molar-refractivity contribution is 0.222. The fourth-order valence-corrected chi connectivity index (χ4v) is 3.14. The average molecular weight is 261 g/mol. The van der Waals surface area contributed by atoms with Gasteiger partial charge in [0.15, 0.2) is 0 Å². The molecule has 1 fully saturated rings. The van der Waals surface area contributed by atoms with E-state index in [1.54, 1.807) is 0 Å². The molecule has 1 atom stereocenters. The minimum atomic E-state index is 0.488. The molecular weight excluding hydrogens is 234 g/mol. The van der Waals surface area contributed by atoms with Crippen LogP contribution in [0.2, 0.25) is 0 Å². The number of aryl methyl sites for hydroxylation is 2. The minimum absolute atomic E-state index is 0.488. The summed E-state index contributed by atoms with van der Waals surface area (Å²) in [6.07, 6.45) is 5.46. The van der Waals surface area contributed by atoms with Crippen molar-refractivity contribution in [3.8, 4) is 5.75 Å². The van der Waals surface area contributed by atoms with E-state index in [0.29, 0.717) is 6.04 Å². The molecule has 1 N–H and O–H groups in total. The Labute approximate surface area is 117 Å². The van der Waals surface area contributed by atoms with Crippen LogP contribution >= 0.6 is 0 Å². The Hall–Kier alpha value is -1.02. The van der Waals surface area contributed by atoms with Crippen molar-refractivity contribution in [1.29, 1.82) is 0 Å². The third-order valence-electron chi connectivity index (χ3n) is 4.62. The summed E-state index contributed by atoms with van der Waals surface area (Å²) in [5.41, 5.74) is 3.83. The number of hydrogen-bond acceptors (Lipinski definition) is 2. The highest BCUT2D eigenvalue weighted by Gasteiger charge is 2.24. The Kier molecular flexibility index (Phi) is 4.87. The molecule has 0 heterocycles. The van der Waals surface area contributed by atoms with E-state index in [4.69, 9.17) is 4.74 Å². The van der Waals surface area contributed by atoms with E-state index < -0.39 is 0 Å². The van der Waals surface area contributed by atoms with Crippen LogP contribution in [0.1, 0.15) is 42.4 Å². The van der Waals surface area contributed by atoms with E-state index in [-0.39, 0.29) is 0 Å². The molecule has 0 radical (unpaired) electrons. The van der Waals surface area contributed by atoms with Crippen molar-refractivity contribution >= 4 is 0 Å². The van der Waals surface area contributed by atoms with Crippen molar-refractivity contribution in [2.75, 3.05) is 13.7 Å². The molecule has 0 saturated heterocycles. The summed E-state index contributed by atoms with van der Waals surface area (Å²) >= 11 is 0. The lowest BCUT2D eigenvalue weighted by Crippen LogP contribution is -2.37. The molecule has 0 aromatic heterocycles. The van der Waals surface area contributed by atoms with E-state index in [9.17, 15) is 0 Å². The molecule has 2 rings (SSSR count). The van der Waals surface area contributed by atoms with Crippen molar-refractivity contribution < 1.29 is 4.74 Å². The van der Waals surface area contributed by atoms with Crippen molar-refractivity contribution in [2.24, 2.45) is 5.92 Å². The maximum atomic E-state index is 6.15. The third-order valence-corrected chi connectivity index (χ3v) is 4.62. The predicted octanol–water partition coefficient (Wildman–Crippen LogP) is 3.77. The number of ether oxygens (including phenoxy) is 1. The monoisotopic (exact) mass is 261 g/mol. The molecule has 1 aromatic rings. The van der Waals surface area contributed by atoms with Crippen LogP contribution in [0.4, 0.5) is 0 Å². The van der Waals surface area contributed by atoms with Gasteiger partial charge in [-0.25, -0.2) is 0 Å². The molecule has 106 valence electrons. The number of likely N-dealkylation sites (N-methyl/N-ethyl adjacent to an activating group) is 1. The molecule has 1 aliphatic carbocycles. The summed E-state index contributed by atoms with van der Waals surface area (Å²) in [6.45, 7) is 7.22. The zero-order valence-corrected chi connectivity index (χ0v) is 12.8. The first-order valence-electron chi connectivity index (χ1n) is 7.50. The van der Waals surface area contributed by atoms with Gasteiger partial charge < -0.3 is 10.1 Å². The van der Waals surface area contributed by atoms with Gasteiger partial charge in [0.25, 0.3) is 0 Å². The van der Waals surface area contributed by atoms with E-state index in [2.05, 4.69) is 45.3 Å². The second-order valence-corrected chi connectivity index (χ2v) is 5.90. The Balaban J connectivity index is 2.03. The molecule has 1 saturated carbocycles. The maximum absolute atomic E-state index is 6.15. The van der Waals surface area contributed by atoms with Crippen molar-refractivity contribution in [2.45, 2.75) is 52.5 Å². The normalized spacial score (nSPS) is 17.7. The largest absolute Gasteiger partial charge is 0.491 e. The van der Waals surface area contributed by atoms with Crippen molar-refractivity contribution in [3.63, 3.8) is 0 Å². The number of hydrogen-bond donors (Lipinski definition) is 1. The molecule has 1 aromatic carbocycles. The van der Waals surface area contributed by atoms with E-state index in [1.807, 2.05) is 0 Å². The van der Waals surface area contributed by atoms with Crippen molar-refractivity contribution in [1.82, 2.24) is 5.32 Å². The van der Waals surface area contributed by atoms with Gasteiger partial charge in [0.1, 0.15) is 12.4 Å². The molecule has 1 aliphatic rings. The molecule has 0 aliphatic heterocycles. The van der Waals surface area contributed by atoms with Crippen LogP contribution in [-0.2, 0) is 0 Å². The van der Waals surface area contributed by atoms with Gasteiger partial charge in [-0.05, 0) is 63.3 Å². The average Bonchev–Trinajstić information content (AvgIpc) is 2.92. The highest BCUT2D eigenvalue weighted by molar-refractivity contribution is 5.44. The standard InChI is InChI=1S/C17H27NO/c1-12-9-10-13(2)17(14(12)3)19-11-16(18-4)15-7-5-6-8-15/h9-10,15-16,18H,5-8,11H2,1-4H3. The molecule has 19 heavy (non-hydrogen) atoms. The molecule has 0 bridgehead atoms. The number of nitrogens with one attached hydrogen (secondary N) is 1. The number of benzene rings is 1. The molecule has 0 amide bonds. The van der Waals surface area contributed by atoms with Gasteiger partial charge in [-0.2, -0.15) is 0 Å². The molecule has 1 unspecified atom stereocenters. The quantitative estimate of drug-likeness (QED) is 0.871. The summed E-state index contributed by atoms with van der Waals surface area (Å²) in [5, 5.41) is 3.44. The fraction of sp³-hybridized carbons (Fsp3) is 0.647. The highest BCUT2D eigenvalue weighted by atomic mass is 16.5. The first kappa shape index (κ1) is 14.4. The smallest absolute Gasteiger partial charge is 0.125 e. The van der Waals surface area contributed by atoms with Gasteiger partial charge >= 0.3 is 0 Å². The van der Waals surface area contributed by atoms with Gasteiger partial charge in [-0.1, -0.05) is 25.0 Å². The first-order chi connectivity index (χ1) is 9.13. The van der Waals surface area contributed by atoms with Crippen LogP contribution in [-0.4, -0.2) is 19.7 Å². The SMILES string of the molecule is CNC(COc1c(C)ccc(C)c1C)C1CCCC1. The molecule has 2 nitrogen and oxygen atoms in total. The minimum Gasteiger partial charge on any atom is -0.491 e. The first-order valence-corrected chi connectivity index (χ1v) is 7.50. The fourth-order valence-electron chi connectivity index (χ4n) is 3.14. The van der Waals surface area contributed by atoms with E-state index >= 15 is 0 Å².